The molecule has 0 aliphatic carbocycles. The van der Waals surface area contributed by atoms with Crippen LogP contribution in [0.4, 0.5) is 34.6 Å². The fraction of sp³-hybridized carbons (Fsp3) is 0.130. The summed E-state index contributed by atoms with van der Waals surface area (Å²) in [5.41, 5.74) is 3.96. The van der Waals surface area contributed by atoms with Crippen LogP contribution in [0.3, 0.4) is 0 Å². The Morgan fingerprint density at radius 1 is 0.972 bits per heavy atom. The Bertz CT molecular complexity index is 1360. The Hall–Kier alpha value is -2.53. The first-order chi connectivity index (χ1) is 16.8. The van der Waals surface area contributed by atoms with Gasteiger partial charge in [-0.1, -0.05) is 11.6 Å². The van der Waals surface area contributed by atoms with Crippen molar-refractivity contribution < 1.29 is 27.2 Å². The Morgan fingerprint density at radius 3 is 2.36 bits per heavy atom. The highest BCUT2D eigenvalue weighted by molar-refractivity contribution is 9.10. The number of nitrogens with one attached hydrogen (secondary N) is 2. The molecule has 0 bridgehead atoms. The highest BCUT2D eigenvalue weighted by atomic mass is 79.9. The summed E-state index contributed by atoms with van der Waals surface area (Å²) in [7, 11) is 0. The second-order valence-electron chi connectivity index (χ2n) is 7.59. The summed E-state index contributed by atoms with van der Waals surface area (Å²) in [5, 5.41) is 4.66. The van der Waals surface area contributed by atoms with Crippen LogP contribution in [0.5, 0.6) is 0 Å². The number of rotatable bonds is 7. The van der Waals surface area contributed by atoms with E-state index in [1.54, 1.807) is 0 Å². The van der Waals surface area contributed by atoms with Gasteiger partial charge in [0.1, 0.15) is 27.5 Å². The molecule has 13 heteroatoms. The van der Waals surface area contributed by atoms with E-state index in [1.807, 2.05) is 0 Å². The van der Waals surface area contributed by atoms with Crippen LogP contribution < -0.4 is 16.4 Å². The Morgan fingerprint density at radius 2 is 1.67 bits per heavy atom. The molecule has 0 fully saturated rings. The van der Waals surface area contributed by atoms with E-state index >= 15 is 0 Å². The first-order valence-electron chi connectivity index (χ1n) is 9.93. The molecule has 0 atom stereocenters. The predicted molar refractivity (Wildman–Crippen MR) is 136 cm³/mol. The van der Waals surface area contributed by atoms with Crippen LogP contribution in [-0.4, -0.2) is 16.1 Å². The van der Waals surface area contributed by atoms with Gasteiger partial charge < -0.3 is 16.4 Å². The summed E-state index contributed by atoms with van der Waals surface area (Å²) in [6.45, 7) is 0. The van der Waals surface area contributed by atoms with Gasteiger partial charge >= 0.3 is 0 Å². The molecule has 2 amide bonds. The number of benzene rings is 3. The highest BCUT2D eigenvalue weighted by Gasteiger charge is 2.30. The first kappa shape index (κ1) is 28.0. The van der Waals surface area contributed by atoms with Crippen molar-refractivity contribution in [1.29, 1.82) is 0 Å². The van der Waals surface area contributed by atoms with Gasteiger partial charge in [-0.2, -0.15) is 0 Å². The van der Waals surface area contributed by atoms with Crippen LogP contribution in [-0.2, 0) is 11.2 Å². The molecule has 3 rings (SSSR count). The van der Waals surface area contributed by atoms with Crippen LogP contribution in [0.25, 0.3) is 0 Å². The van der Waals surface area contributed by atoms with Crippen LogP contribution in [0.2, 0.25) is 5.02 Å². The van der Waals surface area contributed by atoms with E-state index in [9.17, 15) is 27.2 Å². The van der Waals surface area contributed by atoms with E-state index in [1.165, 1.54) is 18.2 Å². The zero-order chi connectivity index (χ0) is 26.8. The number of carbonyl (C=O) groups excluding carboxylic acids is 2. The summed E-state index contributed by atoms with van der Waals surface area (Å²) < 4.78 is 53.4. The van der Waals surface area contributed by atoms with Gasteiger partial charge in [0.2, 0.25) is 5.91 Å². The maximum Gasteiger partial charge on any atom is 0.257 e. The molecule has 3 aromatic rings. The van der Waals surface area contributed by atoms with Crippen LogP contribution in [0.1, 0.15) is 22.3 Å². The lowest BCUT2D eigenvalue weighted by Crippen LogP contribution is -2.26. The fourth-order valence-corrected chi connectivity index (χ4v) is 4.36. The number of hydrogen-bond acceptors (Lipinski definition) is 3. The summed E-state index contributed by atoms with van der Waals surface area (Å²) in [4.78, 5) is 25.1. The monoisotopic (exact) mass is 625 g/mol. The van der Waals surface area contributed by atoms with E-state index in [0.717, 1.165) is 24.3 Å². The molecule has 0 spiro atoms. The van der Waals surface area contributed by atoms with Crippen molar-refractivity contribution in [1.82, 2.24) is 0 Å². The molecule has 0 saturated carbocycles. The number of halogens is 8. The van der Waals surface area contributed by atoms with E-state index in [0.29, 0.717) is 0 Å². The van der Waals surface area contributed by atoms with Crippen molar-refractivity contribution in [2.24, 2.45) is 0 Å². The smallest absolute Gasteiger partial charge is 0.257 e. The predicted octanol–water partition coefficient (Wildman–Crippen LogP) is 7.24. The molecular weight excluding hydrogens is 613 g/mol. The van der Waals surface area contributed by atoms with Crippen molar-refractivity contribution in [3.05, 3.63) is 86.4 Å². The quantitative estimate of drug-likeness (QED) is 0.112. The standard InChI is InChI=1S/C23H15BrCl3F4N3O2/c24-14-6-11(28)5-10(19(14)30)8-23(26,27)9-18(35)33-12-1-2-15(25)13(7-12)22(36)34-17-4-3-16(29)21(32)20(17)31/h1-7H,8-9,32H2,(H,33,35)(H,34,36). The number of amides is 2. The minimum atomic E-state index is -1.80. The SMILES string of the molecule is Nc1c(F)ccc(NC(=O)c2cc(NC(=O)CC(Cl)(Cl)Cc3cc(F)cc(Br)c3F)ccc2Cl)c1F. The lowest BCUT2D eigenvalue weighted by molar-refractivity contribution is -0.116. The van der Waals surface area contributed by atoms with Gasteiger partial charge in [-0.15, -0.1) is 23.2 Å². The van der Waals surface area contributed by atoms with Crippen molar-refractivity contribution in [2.45, 2.75) is 17.2 Å². The topological polar surface area (TPSA) is 84.2 Å². The van der Waals surface area contributed by atoms with E-state index in [2.05, 4.69) is 26.6 Å². The van der Waals surface area contributed by atoms with Gasteiger partial charge in [0.05, 0.1) is 27.2 Å². The van der Waals surface area contributed by atoms with Crippen molar-refractivity contribution >= 4 is 79.6 Å². The maximum absolute atomic E-state index is 14.2. The van der Waals surface area contributed by atoms with E-state index in [4.69, 9.17) is 40.5 Å². The Labute approximate surface area is 226 Å². The number of alkyl halides is 2. The number of nitrogens with two attached hydrogens (primary N) is 1. The minimum absolute atomic E-state index is 0.0304. The summed E-state index contributed by atoms with van der Waals surface area (Å²) in [6.07, 6.45) is -0.903. The third-order valence-electron chi connectivity index (χ3n) is 4.81. The van der Waals surface area contributed by atoms with Gasteiger partial charge in [-0.3, -0.25) is 9.59 Å². The average molecular weight is 628 g/mol. The van der Waals surface area contributed by atoms with Crippen molar-refractivity contribution in [3.63, 3.8) is 0 Å². The molecule has 36 heavy (non-hydrogen) atoms. The molecule has 0 radical (unpaired) electrons. The number of hydrogen-bond donors (Lipinski definition) is 3. The number of nitrogen functional groups attached to an aromatic ring is 1. The molecular formula is C23H15BrCl3F4N3O2. The first-order valence-corrected chi connectivity index (χ1v) is 11.9. The van der Waals surface area contributed by atoms with Gasteiger partial charge in [-0.25, -0.2) is 17.6 Å². The number of anilines is 3. The molecule has 0 saturated heterocycles. The van der Waals surface area contributed by atoms with Gasteiger partial charge in [0.15, 0.2) is 5.82 Å². The number of carbonyl (C=O) groups is 2. The molecule has 0 unspecified atom stereocenters. The van der Waals surface area contributed by atoms with E-state index in [-0.39, 0.29) is 38.4 Å². The summed E-state index contributed by atoms with van der Waals surface area (Å²) in [5.74, 6) is -5.21. The highest BCUT2D eigenvalue weighted by Crippen LogP contribution is 2.33. The summed E-state index contributed by atoms with van der Waals surface area (Å²) >= 11 is 21.3. The normalized spacial score (nSPS) is 11.3. The van der Waals surface area contributed by atoms with E-state index < -0.39 is 51.5 Å². The lowest BCUT2D eigenvalue weighted by atomic mass is 10.1. The molecule has 4 N–H and O–H groups in total. The molecule has 3 aromatic carbocycles. The van der Waals surface area contributed by atoms with Crippen molar-refractivity contribution in [2.75, 3.05) is 16.4 Å². The zero-order valence-electron chi connectivity index (χ0n) is 17.9. The minimum Gasteiger partial charge on any atom is -0.394 e. The second-order valence-corrected chi connectivity index (χ2v) is 10.5. The van der Waals surface area contributed by atoms with Gasteiger partial charge in [0, 0.05) is 12.1 Å². The lowest BCUT2D eigenvalue weighted by Gasteiger charge is -2.20. The largest absolute Gasteiger partial charge is 0.394 e. The molecule has 0 aliphatic heterocycles. The molecule has 0 aromatic heterocycles. The van der Waals surface area contributed by atoms with Crippen LogP contribution in [0, 0.1) is 23.3 Å². The van der Waals surface area contributed by atoms with Gasteiger partial charge in [-0.05, 0) is 64.0 Å². The third-order valence-corrected chi connectivity index (χ3v) is 6.25. The fourth-order valence-electron chi connectivity index (χ4n) is 3.15. The molecule has 0 heterocycles. The average Bonchev–Trinajstić information content (AvgIpc) is 2.78. The van der Waals surface area contributed by atoms with Crippen molar-refractivity contribution in [3.8, 4) is 0 Å². The Balaban J connectivity index is 1.72. The molecule has 0 aliphatic rings. The van der Waals surface area contributed by atoms with Gasteiger partial charge in [0.25, 0.3) is 5.91 Å². The summed E-state index contributed by atoms with van der Waals surface area (Å²) in [6, 6.07) is 7.59. The van der Waals surface area contributed by atoms with Crippen LogP contribution in [0.15, 0.2) is 46.9 Å². The Kier molecular flexibility index (Phi) is 8.76. The zero-order valence-corrected chi connectivity index (χ0v) is 21.7. The third kappa shape index (κ3) is 6.82. The molecule has 190 valence electrons. The second kappa shape index (κ2) is 11.2. The molecule has 5 nitrogen and oxygen atoms in total. The van der Waals surface area contributed by atoms with Crippen LogP contribution >= 0.6 is 50.7 Å². The maximum atomic E-state index is 14.2.